The Hall–Kier alpha value is -2.08. The fraction of sp³-hybridized carbons (Fsp3) is 0.385. The summed E-state index contributed by atoms with van der Waals surface area (Å²) in [4.78, 5) is 22.6. The third kappa shape index (κ3) is 3.45. The molecule has 6 heteroatoms. The summed E-state index contributed by atoms with van der Waals surface area (Å²) in [5.74, 6) is -1.08. The molecule has 0 aliphatic heterocycles. The Morgan fingerprint density at radius 1 is 1.26 bits per heavy atom. The Balaban J connectivity index is 2.94. The Bertz CT molecular complexity index is 476. The van der Waals surface area contributed by atoms with Gasteiger partial charge < -0.3 is 15.2 Å². The predicted octanol–water partition coefficient (Wildman–Crippen LogP) is 0.923. The van der Waals surface area contributed by atoms with Gasteiger partial charge in [0, 0.05) is 5.69 Å². The molecule has 0 saturated carbocycles. The normalized spacial score (nSPS) is 11.8. The van der Waals surface area contributed by atoms with E-state index in [1.165, 1.54) is 7.05 Å². The zero-order valence-corrected chi connectivity index (χ0v) is 11.4. The molecule has 1 unspecified atom stereocenters. The zero-order valence-electron chi connectivity index (χ0n) is 11.4. The number of ether oxygens (including phenoxy) is 1. The monoisotopic (exact) mass is 266 g/mol. The topological polar surface area (TPSA) is 87.7 Å². The number of methoxy groups -OCH3 is 1. The van der Waals surface area contributed by atoms with Gasteiger partial charge in [-0.3, -0.25) is 10.1 Å². The molecule has 0 aliphatic rings. The smallest absolute Gasteiger partial charge is 0.330 e. The minimum Gasteiger partial charge on any atom is -0.496 e. The summed E-state index contributed by atoms with van der Waals surface area (Å²) in [7, 11) is 3.00. The molecule has 1 aromatic rings. The number of likely N-dealkylation sites (N-methyl/N-ethyl adjacent to an activating group) is 1. The summed E-state index contributed by atoms with van der Waals surface area (Å²) in [6.07, 6.45) is 0. The second kappa shape index (κ2) is 6.19. The van der Waals surface area contributed by atoms with E-state index in [0.717, 1.165) is 16.9 Å². The number of hydrogen-bond acceptors (Lipinski definition) is 4. The Kier molecular flexibility index (Phi) is 4.88. The molecule has 0 heterocycles. The van der Waals surface area contributed by atoms with Gasteiger partial charge in [0.25, 0.3) is 5.91 Å². The van der Waals surface area contributed by atoms with Crippen LogP contribution >= 0.6 is 0 Å². The van der Waals surface area contributed by atoms with Crippen LogP contribution in [0.1, 0.15) is 11.1 Å². The summed E-state index contributed by atoms with van der Waals surface area (Å²) in [6, 6.07) is 2.19. The lowest BCUT2D eigenvalue weighted by Gasteiger charge is -2.14. The van der Waals surface area contributed by atoms with Crippen molar-refractivity contribution in [3.8, 4) is 5.75 Å². The number of carbonyl (C=O) groups excluding carboxylic acids is 1. The summed E-state index contributed by atoms with van der Waals surface area (Å²) < 4.78 is 5.22. The number of nitrogens with one attached hydrogen (secondary N) is 2. The van der Waals surface area contributed by atoms with Gasteiger partial charge in [-0.25, -0.2) is 4.79 Å². The molecule has 0 bridgehead atoms. The molecule has 1 atom stereocenters. The molecule has 0 fully saturated rings. The van der Waals surface area contributed by atoms with Crippen LogP contribution < -0.4 is 15.4 Å². The molecule has 0 radical (unpaired) electrons. The van der Waals surface area contributed by atoms with Crippen LogP contribution in [-0.2, 0) is 9.59 Å². The van der Waals surface area contributed by atoms with E-state index in [1.807, 2.05) is 13.8 Å². The standard InChI is InChI=1S/C13H18N2O4/c1-7-5-9(6-8(2)11(7)19-4)15-12(16)10(14-3)13(17)18/h5-6,10,14H,1-4H3,(H,15,16)(H,17,18). The van der Waals surface area contributed by atoms with Crippen LogP contribution in [0.5, 0.6) is 5.75 Å². The number of anilines is 1. The number of carboxylic acids is 1. The lowest BCUT2D eigenvalue weighted by molar-refractivity contribution is -0.142. The van der Waals surface area contributed by atoms with E-state index in [4.69, 9.17) is 9.84 Å². The first-order valence-corrected chi connectivity index (χ1v) is 5.76. The molecule has 0 spiro atoms. The van der Waals surface area contributed by atoms with E-state index in [0.29, 0.717) is 5.69 Å². The van der Waals surface area contributed by atoms with Crippen LogP contribution in [0.2, 0.25) is 0 Å². The van der Waals surface area contributed by atoms with E-state index < -0.39 is 17.9 Å². The van der Waals surface area contributed by atoms with Gasteiger partial charge >= 0.3 is 5.97 Å². The van der Waals surface area contributed by atoms with Gasteiger partial charge in [-0.05, 0) is 44.2 Å². The number of hydrogen-bond donors (Lipinski definition) is 3. The van der Waals surface area contributed by atoms with Crippen molar-refractivity contribution >= 4 is 17.6 Å². The first kappa shape index (κ1) is 15.0. The first-order valence-electron chi connectivity index (χ1n) is 5.76. The number of carbonyl (C=O) groups is 2. The molecule has 3 N–H and O–H groups in total. The predicted molar refractivity (Wildman–Crippen MR) is 71.6 cm³/mol. The zero-order chi connectivity index (χ0) is 14.6. The highest BCUT2D eigenvalue weighted by Crippen LogP contribution is 2.26. The maximum absolute atomic E-state index is 11.8. The van der Waals surface area contributed by atoms with E-state index >= 15 is 0 Å². The fourth-order valence-electron chi connectivity index (χ4n) is 1.93. The number of aliphatic carboxylic acids is 1. The largest absolute Gasteiger partial charge is 0.496 e. The second-order valence-corrected chi connectivity index (χ2v) is 4.19. The highest BCUT2D eigenvalue weighted by Gasteiger charge is 2.24. The average Bonchev–Trinajstić information content (AvgIpc) is 2.28. The van der Waals surface area contributed by atoms with Crippen LogP contribution in [0.3, 0.4) is 0 Å². The van der Waals surface area contributed by atoms with Crippen molar-refractivity contribution < 1.29 is 19.4 Å². The minimum absolute atomic E-state index is 0.544. The van der Waals surface area contributed by atoms with Crippen molar-refractivity contribution in [1.29, 1.82) is 0 Å². The van der Waals surface area contributed by atoms with Gasteiger partial charge in [-0.15, -0.1) is 0 Å². The third-order valence-corrected chi connectivity index (χ3v) is 2.73. The van der Waals surface area contributed by atoms with Crippen LogP contribution in [-0.4, -0.2) is 37.2 Å². The van der Waals surface area contributed by atoms with Crippen molar-refractivity contribution in [3.05, 3.63) is 23.3 Å². The maximum Gasteiger partial charge on any atom is 0.330 e. The molecule has 0 saturated heterocycles. The quantitative estimate of drug-likeness (QED) is 0.690. The van der Waals surface area contributed by atoms with Crippen molar-refractivity contribution in [2.24, 2.45) is 0 Å². The molecule has 19 heavy (non-hydrogen) atoms. The van der Waals surface area contributed by atoms with E-state index in [-0.39, 0.29) is 0 Å². The average molecular weight is 266 g/mol. The fourth-order valence-corrected chi connectivity index (χ4v) is 1.93. The van der Waals surface area contributed by atoms with Crippen LogP contribution in [0.25, 0.3) is 0 Å². The molecule has 6 nitrogen and oxygen atoms in total. The van der Waals surface area contributed by atoms with Crippen LogP contribution in [0, 0.1) is 13.8 Å². The van der Waals surface area contributed by atoms with Gasteiger partial charge in [0.2, 0.25) is 0 Å². The lowest BCUT2D eigenvalue weighted by atomic mass is 10.1. The maximum atomic E-state index is 11.8. The highest BCUT2D eigenvalue weighted by molar-refractivity contribution is 6.07. The molecule has 0 aliphatic carbocycles. The van der Waals surface area contributed by atoms with Crippen molar-refractivity contribution in [2.75, 3.05) is 19.5 Å². The van der Waals surface area contributed by atoms with Gasteiger partial charge in [-0.1, -0.05) is 0 Å². The summed E-state index contributed by atoms with van der Waals surface area (Å²) in [5, 5.41) is 13.9. The first-order chi connectivity index (χ1) is 8.90. The third-order valence-electron chi connectivity index (χ3n) is 2.73. The van der Waals surface area contributed by atoms with Crippen molar-refractivity contribution in [3.63, 3.8) is 0 Å². The van der Waals surface area contributed by atoms with E-state index in [2.05, 4.69) is 10.6 Å². The number of benzene rings is 1. The summed E-state index contributed by atoms with van der Waals surface area (Å²) in [5.41, 5.74) is 2.28. The minimum atomic E-state index is -1.28. The lowest BCUT2D eigenvalue weighted by Crippen LogP contribution is -2.44. The Morgan fingerprint density at radius 2 is 1.79 bits per heavy atom. The van der Waals surface area contributed by atoms with Gasteiger partial charge in [0.1, 0.15) is 5.75 Å². The molecule has 0 aromatic heterocycles. The second-order valence-electron chi connectivity index (χ2n) is 4.19. The van der Waals surface area contributed by atoms with Crippen molar-refractivity contribution in [1.82, 2.24) is 5.32 Å². The Labute approximate surface area is 111 Å². The van der Waals surface area contributed by atoms with Gasteiger partial charge in [-0.2, -0.15) is 0 Å². The Morgan fingerprint density at radius 3 is 2.16 bits per heavy atom. The van der Waals surface area contributed by atoms with Crippen LogP contribution in [0.15, 0.2) is 12.1 Å². The molecule has 1 aromatic carbocycles. The molecule has 1 rings (SSSR count). The molecular weight excluding hydrogens is 248 g/mol. The molecular formula is C13H18N2O4. The SMILES string of the molecule is CNC(C(=O)O)C(=O)Nc1cc(C)c(OC)c(C)c1. The number of carboxylic acid groups (broad SMARTS) is 1. The van der Waals surface area contributed by atoms with E-state index in [9.17, 15) is 9.59 Å². The van der Waals surface area contributed by atoms with Crippen molar-refractivity contribution in [2.45, 2.75) is 19.9 Å². The van der Waals surface area contributed by atoms with Gasteiger partial charge in [0.05, 0.1) is 7.11 Å². The summed E-state index contributed by atoms with van der Waals surface area (Å²) >= 11 is 0. The highest BCUT2D eigenvalue weighted by atomic mass is 16.5. The number of aryl methyl sites for hydroxylation is 2. The van der Waals surface area contributed by atoms with Crippen LogP contribution in [0.4, 0.5) is 5.69 Å². The summed E-state index contributed by atoms with van der Waals surface area (Å²) in [6.45, 7) is 3.71. The molecule has 1 amide bonds. The number of rotatable bonds is 5. The molecule has 104 valence electrons. The van der Waals surface area contributed by atoms with E-state index in [1.54, 1.807) is 19.2 Å². The number of amides is 1. The van der Waals surface area contributed by atoms with Gasteiger partial charge in [0.15, 0.2) is 6.04 Å².